The molecule has 1 fully saturated rings. The summed E-state index contributed by atoms with van der Waals surface area (Å²) in [4.78, 5) is 26.3. The van der Waals surface area contributed by atoms with E-state index in [1.54, 1.807) is 41.3 Å². The van der Waals surface area contributed by atoms with Crippen LogP contribution in [0.25, 0.3) is 0 Å². The minimum Gasteiger partial charge on any atom is -0.407 e. The van der Waals surface area contributed by atoms with E-state index < -0.39 is 0 Å². The van der Waals surface area contributed by atoms with Gasteiger partial charge in [0.1, 0.15) is 0 Å². The maximum absolute atomic E-state index is 12.4. The van der Waals surface area contributed by atoms with Crippen molar-refractivity contribution >= 4 is 35.1 Å². The SMILES string of the molecule is Cc1ccc(C(=O)Nc2nnc(C3CC(=O)N(c4ccc(Cl)cc4)C3)o2)cc1. The Bertz CT molecular complexity index is 1010. The summed E-state index contributed by atoms with van der Waals surface area (Å²) in [5, 5.41) is 11.1. The highest BCUT2D eigenvalue weighted by Crippen LogP contribution is 2.32. The van der Waals surface area contributed by atoms with Crippen LogP contribution in [0.15, 0.2) is 52.9 Å². The Kier molecular flexibility index (Phi) is 4.83. The first-order valence-corrected chi connectivity index (χ1v) is 9.15. The minimum absolute atomic E-state index is 0.0120. The van der Waals surface area contributed by atoms with Crippen LogP contribution in [0, 0.1) is 6.92 Å². The molecular weight excluding hydrogens is 380 g/mol. The number of aryl methyl sites for hydroxylation is 1. The Hall–Kier alpha value is -3.19. The number of anilines is 2. The van der Waals surface area contributed by atoms with Crippen LogP contribution in [-0.4, -0.2) is 28.6 Å². The molecule has 1 N–H and O–H groups in total. The van der Waals surface area contributed by atoms with Crippen LogP contribution in [-0.2, 0) is 4.79 Å². The summed E-state index contributed by atoms with van der Waals surface area (Å²) in [6.07, 6.45) is 0.260. The number of amides is 2. The van der Waals surface area contributed by atoms with Crippen LogP contribution in [0.4, 0.5) is 11.7 Å². The molecule has 8 heteroatoms. The van der Waals surface area contributed by atoms with Crippen LogP contribution in [0.3, 0.4) is 0 Å². The van der Waals surface area contributed by atoms with Crippen LogP contribution in [0.5, 0.6) is 0 Å². The van der Waals surface area contributed by atoms with Gasteiger partial charge in [-0.25, -0.2) is 0 Å². The lowest BCUT2D eigenvalue weighted by atomic mass is 10.1. The summed E-state index contributed by atoms with van der Waals surface area (Å²) in [7, 11) is 0. The first-order valence-electron chi connectivity index (χ1n) is 8.77. The Balaban J connectivity index is 1.44. The van der Waals surface area contributed by atoms with Crippen LogP contribution >= 0.6 is 11.6 Å². The highest BCUT2D eigenvalue weighted by Gasteiger charge is 2.35. The largest absolute Gasteiger partial charge is 0.407 e. The third kappa shape index (κ3) is 3.75. The zero-order valence-corrected chi connectivity index (χ0v) is 15.8. The standard InChI is InChI=1S/C20H17ClN4O3/c1-12-2-4-13(5-3-12)18(27)22-20-24-23-19(28-20)14-10-17(26)25(11-14)16-8-6-15(21)7-9-16/h2-9,14H,10-11H2,1H3,(H,22,24,27). The van der Waals surface area contributed by atoms with E-state index in [0.29, 0.717) is 23.0 Å². The zero-order valence-electron chi connectivity index (χ0n) is 15.1. The van der Waals surface area contributed by atoms with Crippen molar-refractivity contribution in [1.82, 2.24) is 10.2 Å². The molecule has 4 rings (SSSR count). The van der Waals surface area contributed by atoms with E-state index in [1.165, 1.54) is 0 Å². The van der Waals surface area contributed by atoms with Gasteiger partial charge in [0.2, 0.25) is 11.8 Å². The molecule has 0 aliphatic carbocycles. The number of hydrogen-bond donors (Lipinski definition) is 1. The van der Waals surface area contributed by atoms with E-state index in [0.717, 1.165) is 11.3 Å². The predicted molar refractivity (Wildman–Crippen MR) is 105 cm³/mol. The van der Waals surface area contributed by atoms with Crippen molar-refractivity contribution in [2.45, 2.75) is 19.3 Å². The van der Waals surface area contributed by atoms with Gasteiger partial charge in [-0.05, 0) is 43.3 Å². The topological polar surface area (TPSA) is 88.3 Å². The van der Waals surface area contributed by atoms with Gasteiger partial charge in [0.05, 0.1) is 5.92 Å². The number of nitrogens with one attached hydrogen (secondary N) is 1. The lowest BCUT2D eigenvalue weighted by Gasteiger charge is -2.15. The molecule has 142 valence electrons. The molecule has 2 aromatic carbocycles. The molecule has 1 aromatic heterocycles. The molecule has 0 spiro atoms. The molecule has 1 atom stereocenters. The third-order valence-corrected chi connectivity index (χ3v) is 4.84. The van der Waals surface area contributed by atoms with Crippen molar-refractivity contribution in [2.24, 2.45) is 0 Å². The summed E-state index contributed by atoms with van der Waals surface area (Å²) in [6, 6.07) is 14.2. The normalized spacial score (nSPS) is 16.4. The van der Waals surface area contributed by atoms with Crippen molar-refractivity contribution < 1.29 is 14.0 Å². The monoisotopic (exact) mass is 396 g/mol. The van der Waals surface area contributed by atoms with E-state index in [9.17, 15) is 9.59 Å². The zero-order chi connectivity index (χ0) is 19.7. The second-order valence-electron chi connectivity index (χ2n) is 6.65. The molecule has 3 aromatic rings. The summed E-state index contributed by atoms with van der Waals surface area (Å²) >= 11 is 5.90. The van der Waals surface area contributed by atoms with Gasteiger partial charge in [0, 0.05) is 29.2 Å². The molecule has 28 heavy (non-hydrogen) atoms. The number of halogens is 1. The summed E-state index contributed by atoms with van der Waals surface area (Å²) in [5.74, 6) is -0.277. The van der Waals surface area contributed by atoms with E-state index in [1.807, 2.05) is 19.1 Å². The average Bonchev–Trinajstić information content (AvgIpc) is 3.29. The maximum Gasteiger partial charge on any atom is 0.322 e. The van der Waals surface area contributed by atoms with Crippen molar-refractivity contribution in [2.75, 3.05) is 16.8 Å². The molecule has 0 bridgehead atoms. The lowest BCUT2D eigenvalue weighted by molar-refractivity contribution is -0.117. The fraction of sp³-hybridized carbons (Fsp3) is 0.200. The first-order chi connectivity index (χ1) is 13.5. The molecule has 1 unspecified atom stereocenters. The maximum atomic E-state index is 12.4. The van der Waals surface area contributed by atoms with Gasteiger partial charge >= 0.3 is 6.01 Å². The summed E-state index contributed by atoms with van der Waals surface area (Å²) in [5.41, 5.74) is 2.33. The highest BCUT2D eigenvalue weighted by atomic mass is 35.5. The highest BCUT2D eigenvalue weighted by molar-refractivity contribution is 6.30. The molecule has 1 aliphatic heterocycles. The van der Waals surface area contributed by atoms with Gasteiger partial charge in [-0.3, -0.25) is 14.9 Å². The fourth-order valence-electron chi connectivity index (χ4n) is 3.07. The van der Waals surface area contributed by atoms with E-state index in [4.69, 9.17) is 16.0 Å². The predicted octanol–water partition coefficient (Wildman–Crippen LogP) is 3.80. The van der Waals surface area contributed by atoms with Crippen LogP contribution in [0.2, 0.25) is 5.02 Å². The number of carbonyl (C=O) groups excluding carboxylic acids is 2. The fourth-order valence-corrected chi connectivity index (χ4v) is 3.19. The lowest BCUT2D eigenvalue weighted by Crippen LogP contribution is -2.24. The van der Waals surface area contributed by atoms with Crippen molar-refractivity contribution in [3.05, 3.63) is 70.6 Å². The van der Waals surface area contributed by atoms with Crippen molar-refractivity contribution in [1.29, 1.82) is 0 Å². The molecule has 7 nitrogen and oxygen atoms in total. The van der Waals surface area contributed by atoms with Gasteiger partial charge in [0.15, 0.2) is 0 Å². The number of aromatic nitrogens is 2. The number of nitrogens with zero attached hydrogens (tertiary/aromatic N) is 3. The number of hydrogen-bond acceptors (Lipinski definition) is 5. The first kappa shape index (κ1) is 18.2. The summed E-state index contributed by atoms with van der Waals surface area (Å²) in [6.45, 7) is 2.37. The quantitative estimate of drug-likeness (QED) is 0.724. The molecule has 0 saturated carbocycles. The third-order valence-electron chi connectivity index (χ3n) is 4.59. The van der Waals surface area contributed by atoms with Crippen LogP contribution < -0.4 is 10.2 Å². The minimum atomic E-state index is -0.333. The van der Waals surface area contributed by atoms with E-state index in [2.05, 4.69) is 15.5 Å². The number of rotatable bonds is 4. The van der Waals surface area contributed by atoms with Crippen LogP contribution in [0.1, 0.15) is 34.2 Å². The Morgan fingerprint density at radius 1 is 1.14 bits per heavy atom. The Morgan fingerprint density at radius 3 is 2.57 bits per heavy atom. The molecule has 1 saturated heterocycles. The Labute approximate surface area is 166 Å². The average molecular weight is 397 g/mol. The second kappa shape index (κ2) is 7.44. The van der Waals surface area contributed by atoms with E-state index >= 15 is 0 Å². The number of carbonyl (C=O) groups is 2. The molecule has 1 aliphatic rings. The molecule has 0 radical (unpaired) electrons. The van der Waals surface area contributed by atoms with Crippen molar-refractivity contribution in [3.8, 4) is 0 Å². The number of benzene rings is 2. The van der Waals surface area contributed by atoms with Gasteiger partial charge in [-0.2, -0.15) is 0 Å². The van der Waals surface area contributed by atoms with Gasteiger partial charge < -0.3 is 9.32 Å². The van der Waals surface area contributed by atoms with Crippen molar-refractivity contribution in [3.63, 3.8) is 0 Å². The van der Waals surface area contributed by atoms with Gasteiger partial charge in [0.25, 0.3) is 5.91 Å². The van der Waals surface area contributed by atoms with E-state index in [-0.39, 0.29) is 30.2 Å². The smallest absolute Gasteiger partial charge is 0.322 e. The molecular formula is C20H17ClN4O3. The Morgan fingerprint density at radius 2 is 1.86 bits per heavy atom. The van der Waals surface area contributed by atoms with Gasteiger partial charge in [-0.15, -0.1) is 5.10 Å². The molecule has 2 amide bonds. The van der Waals surface area contributed by atoms with Gasteiger partial charge in [-0.1, -0.05) is 34.4 Å². The summed E-state index contributed by atoms with van der Waals surface area (Å²) < 4.78 is 5.58. The second-order valence-corrected chi connectivity index (χ2v) is 7.08. The molecule has 2 heterocycles.